The van der Waals surface area contributed by atoms with Crippen LogP contribution in [0.3, 0.4) is 0 Å². The van der Waals surface area contributed by atoms with Crippen molar-refractivity contribution in [3.8, 4) is 0 Å². The van der Waals surface area contributed by atoms with Crippen molar-refractivity contribution in [2.24, 2.45) is 0 Å². The third-order valence-electron chi connectivity index (χ3n) is 10.9. The Morgan fingerprint density at radius 2 is 0.672 bits per heavy atom. The highest BCUT2D eigenvalue weighted by Gasteiger charge is 2.19. The lowest BCUT2D eigenvalue weighted by Gasteiger charge is -2.18. The molecule has 0 bridgehead atoms. The molecule has 0 aliphatic carbocycles. The van der Waals surface area contributed by atoms with Gasteiger partial charge in [0.1, 0.15) is 13.2 Å². The Balaban J connectivity index is 4.38. The molecular weight excluding hydrogens is 721 g/mol. The van der Waals surface area contributed by atoms with Crippen LogP contribution >= 0.6 is 0 Å². The molecule has 0 aliphatic heterocycles. The number of hydrogen-bond acceptors (Lipinski definition) is 6. The van der Waals surface area contributed by atoms with E-state index in [1.165, 1.54) is 122 Å². The molecule has 0 aromatic carbocycles. The summed E-state index contributed by atoms with van der Waals surface area (Å²) in [5.41, 5.74) is 0. The van der Waals surface area contributed by atoms with E-state index < -0.39 is 6.10 Å². The molecule has 0 aromatic rings. The molecule has 338 valence electrons. The van der Waals surface area contributed by atoms with Crippen LogP contribution in [0.15, 0.2) is 36.5 Å². The summed E-state index contributed by atoms with van der Waals surface area (Å²) in [5, 5.41) is 0. The maximum absolute atomic E-state index is 12.8. The van der Waals surface area contributed by atoms with Gasteiger partial charge in [0, 0.05) is 19.3 Å². The lowest BCUT2D eigenvalue weighted by atomic mass is 10.0. The minimum atomic E-state index is -0.775. The van der Waals surface area contributed by atoms with Crippen LogP contribution in [0, 0.1) is 0 Å². The molecule has 6 nitrogen and oxygen atoms in total. The zero-order valence-electron chi connectivity index (χ0n) is 38.6. The monoisotopic (exact) mass is 815 g/mol. The Morgan fingerprint density at radius 1 is 0.362 bits per heavy atom. The van der Waals surface area contributed by atoms with Crippen LogP contribution in [0.4, 0.5) is 0 Å². The largest absolute Gasteiger partial charge is 0.462 e. The molecule has 0 saturated carbocycles. The van der Waals surface area contributed by atoms with Gasteiger partial charge >= 0.3 is 17.9 Å². The number of esters is 3. The van der Waals surface area contributed by atoms with Crippen molar-refractivity contribution in [3.05, 3.63) is 36.5 Å². The smallest absolute Gasteiger partial charge is 0.306 e. The van der Waals surface area contributed by atoms with Gasteiger partial charge in [0.15, 0.2) is 6.10 Å². The Kier molecular flexibility index (Phi) is 45.4. The van der Waals surface area contributed by atoms with E-state index in [-0.39, 0.29) is 31.1 Å². The molecular formula is C52H94O6. The second kappa shape index (κ2) is 47.3. The summed E-state index contributed by atoms with van der Waals surface area (Å²) in [5.74, 6) is -0.883. The summed E-state index contributed by atoms with van der Waals surface area (Å²) in [6, 6.07) is 0. The molecule has 0 amide bonds. The fraction of sp³-hybridized carbons (Fsp3) is 0.827. The van der Waals surface area contributed by atoms with Crippen LogP contribution in [0.5, 0.6) is 0 Å². The number of hydrogen-bond donors (Lipinski definition) is 0. The summed E-state index contributed by atoms with van der Waals surface area (Å²) >= 11 is 0. The third kappa shape index (κ3) is 44.7. The minimum absolute atomic E-state index is 0.0753. The molecule has 0 radical (unpaired) electrons. The number of unbranched alkanes of at least 4 members (excludes halogenated alkanes) is 28. The summed E-state index contributed by atoms with van der Waals surface area (Å²) in [7, 11) is 0. The number of carbonyl (C=O) groups is 3. The highest BCUT2D eigenvalue weighted by atomic mass is 16.6. The average molecular weight is 815 g/mol. The van der Waals surface area contributed by atoms with E-state index in [9.17, 15) is 14.4 Å². The lowest BCUT2D eigenvalue weighted by Crippen LogP contribution is -2.30. The van der Waals surface area contributed by atoms with E-state index in [1.54, 1.807) is 0 Å². The molecule has 0 aliphatic rings. The average Bonchev–Trinajstić information content (AvgIpc) is 3.22. The summed E-state index contributed by atoms with van der Waals surface area (Å²) < 4.78 is 16.8. The van der Waals surface area contributed by atoms with Gasteiger partial charge < -0.3 is 14.2 Å². The summed E-state index contributed by atoms with van der Waals surface area (Å²) in [4.78, 5) is 37.9. The van der Waals surface area contributed by atoms with Gasteiger partial charge in [0.25, 0.3) is 0 Å². The molecule has 0 saturated heterocycles. The lowest BCUT2D eigenvalue weighted by molar-refractivity contribution is -0.167. The fourth-order valence-electron chi connectivity index (χ4n) is 7.16. The van der Waals surface area contributed by atoms with E-state index in [4.69, 9.17) is 14.2 Å². The first-order chi connectivity index (χ1) is 28.5. The van der Waals surface area contributed by atoms with Crippen molar-refractivity contribution in [2.45, 2.75) is 264 Å². The van der Waals surface area contributed by atoms with Crippen molar-refractivity contribution in [3.63, 3.8) is 0 Å². The SMILES string of the molecule is CC/C=C\C/C=C\C/C=C\CCCCCCCC(=O)OC(COC(=O)CCCCCCCCCCCCCC)COC(=O)CCCCCCCCCCCCCCC. The zero-order valence-corrected chi connectivity index (χ0v) is 38.6. The van der Waals surface area contributed by atoms with Gasteiger partial charge in [-0.25, -0.2) is 0 Å². The molecule has 6 heteroatoms. The number of rotatable bonds is 45. The second-order valence-electron chi connectivity index (χ2n) is 16.7. The summed E-state index contributed by atoms with van der Waals surface area (Å²) in [6.45, 7) is 6.52. The first-order valence-corrected chi connectivity index (χ1v) is 25.0. The third-order valence-corrected chi connectivity index (χ3v) is 10.9. The van der Waals surface area contributed by atoms with Gasteiger partial charge in [0.05, 0.1) is 0 Å². The molecule has 1 atom stereocenters. The van der Waals surface area contributed by atoms with Gasteiger partial charge in [0.2, 0.25) is 0 Å². The Hall–Kier alpha value is -2.37. The van der Waals surface area contributed by atoms with Crippen LogP contribution < -0.4 is 0 Å². The Morgan fingerprint density at radius 3 is 1.05 bits per heavy atom. The number of allylic oxidation sites excluding steroid dienone is 6. The van der Waals surface area contributed by atoms with Crippen molar-refractivity contribution in [1.82, 2.24) is 0 Å². The van der Waals surface area contributed by atoms with E-state index in [0.29, 0.717) is 19.3 Å². The van der Waals surface area contributed by atoms with E-state index in [0.717, 1.165) is 96.3 Å². The zero-order chi connectivity index (χ0) is 42.3. The van der Waals surface area contributed by atoms with Crippen LogP contribution in [0.25, 0.3) is 0 Å². The fourth-order valence-corrected chi connectivity index (χ4v) is 7.16. The van der Waals surface area contributed by atoms with Gasteiger partial charge in [-0.1, -0.05) is 224 Å². The maximum Gasteiger partial charge on any atom is 0.306 e. The van der Waals surface area contributed by atoms with Gasteiger partial charge in [-0.2, -0.15) is 0 Å². The van der Waals surface area contributed by atoms with Crippen molar-refractivity contribution in [2.75, 3.05) is 13.2 Å². The van der Waals surface area contributed by atoms with Gasteiger partial charge in [-0.15, -0.1) is 0 Å². The topological polar surface area (TPSA) is 78.9 Å². The predicted molar refractivity (Wildman–Crippen MR) is 247 cm³/mol. The first kappa shape index (κ1) is 55.6. The molecule has 0 fully saturated rings. The molecule has 0 N–H and O–H groups in total. The van der Waals surface area contributed by atoms with Gasteiger partial charge in [-0.3, -0.25) is 14.4 Å². The van der Waals surface area contributed by atoms with E-state index in [1.807, 2.05) is 0 Å². The quantitative estimate of drug-likeness (QED) is 0.0264. The molecule has 0 heterocycles. The second-order valence-corrected chi connectivity index (χ2v) is 16.7. The van der Waals surface area contributed by atoms with Gasteiger partial charge in [-0.05, 0) is 51.4 Å². The standard InChI is InChI=1S/C52H94O6/c1-4-7-10-13-16-19-22-25-26-28-31-34-37-40-43-46-52(55)58-49(47-56-50(53)44-41-38-35-32-29-24-21-18-15-12-9-6-3)48-57-51(54)45-42-39-36-33-30-27-23-20-17-14-11-8-5-2/h7,10,16,19,25-26,49H,4-6,8-9,11-15,17-18,20-24,27-48H2,1-3H3/b10-7-,19-16-,26-25-. The number of carbonyl (C=O) groups excluding carboxylic acids is 3. The maximum atomic E-state index is 12.8. The van der Waals surface area contributed by atoms with Crippen LogP contribution in [0.2, 0.25) is 0 Å². The van der Waals surface area contributed by atoms with Crippen molar-refractivity contribution < 1.29 is 28.6 Å². The van der Waals surface area contributed by atoms with Crippen LogP contribution in [0.1, 0.15) is 258 Å². The summed E-state index contributed by atoms with van der Waals surface area (Å²) in [6.07, 6.45) is 54.1. The van der Waals surface area contributed by atoms with Crippen LogP contribution in [-0.4, -0.2) is 37.2 Å². The van der Waals surface area contributed by atoms with Crippen molar-refractivity contribution in [1.29, 1.82) is 0 Å². The van der Waals surface area contributed by atoms with Crippen molar-refractivity contribution >= 4 is 17.9 Å². The first-order valence-electron chi connectivity index (χ1n) is 25.0. The highest BCUT2D eigenvalue weighted by molar-refractivity contribution is 5.71. The molecule has 58 heavy (non-hydrogen) atoms. The van der Waals surface area contributed by atoms with E-state index in [2.05, 4.69) is 57.2 Å². The highest BCUT2D eigenvalue weighted by Crippen LogP contribution is 2.15. The predicted octanol–water partition coefficient (Wildman–Crippen LogP) is 16.1. The number of ether oxygens (including phenoxy) is 3. The Bertz CT molecular complexity index is 984. The van der Waals surface area contributed by atoms with E-state index >= 15 is 0 Å². The molecule has 0 aromatic heterocycles. The Labute approximate surface area is 359 Å². The van der Waals surface area contributed by atoms with Crippen LogP contribution in [-0.2, 0) is 28.6 Å². The minimum Gasteiger partial charge on any atom is -0.462 e. The molecule has 1 unspecified atom stereocenters. The normalized spacial score (nSPS) is 12.3. The molecule has 0 spiro atoms. The molecule has 0 rings (SSSR count).